The van der Waals surface area contributed by atoms with Crippen molar-refractivity contribution in [2.24, 2.45) is 0 Å². The second kappa shape index (κ2) is 4.75. The highest BCUT2D eigenvalue weighted by atomic mass is 32.2. The fraction of sp³-hybridized carbons (Fsp3) is 0.875. The van der Waals surface area contributed by atoms with Crippen LogP contribution in [0.5, 0.6) is 0 Å². The van der Waals surface area contributed by atoms with E-state index in [4.69, 9.17) is 4.74 Å². The van der Waals surface area contributed by atoms with Crippen molar-refractivity contribution < 1.29 is 18.3 Å². The summed E-state index contributed by atoms with van der Waals surface area (Å²) < 4.78 is 27.0. The van der Waals surface area contributed by atoms with Gasteiger partial charge in [0.15, 0.2) is 0 Å². The molecule has 0 saturated heterocycles. The van der Waals surface area contributed by atoms with Gasteiger partial charge in [0, 0.05) is 6.04 Å². The molecule has 14 heavy (non-hydrogen) atoms. The largest absolute Gasteiger partial charge is 0.755 e. The van der Waals surface area contributed by atoms with E-state index in [1.165, 1.54) is 0 Å². The molecule has 1 atom stereocenters. The summed E-state index contributed by atoms with van der Waals surface area (Å²) in [7, 11) is 0. The van der Waals surface area contributed by atoms with Crippen LogP contribution in [-0.2, 0) is 16.0 Å². The van der Waals surface area contributed by atoms with Gasteiger partial charge < -0.3 is 9.29 Å². The van der Waals surface area contributed by atoms with E-state index >= 15 is 0 Å². The van der Waals surface area contributed by atoms with Gasteiger partial charge in [-0.25, -0.2) is 9.10 Å². The minimum atomic E-state index is -2.59. The summed E-state index contributed by atoms with van der Waals surface area (Å²) >= 11 is -2.59. The van der Waals surface area contributed by atoms with Crippen LogP contribution >= 0.6 is 0 Å². The quantitative estimate of drug-likeness (QED) is 0.663. The van der Waals surface area contributed by atoms with E-state index in [-0.39, 0.29) is 0 Å². The lowest BCUT2D eigenvalue weighted by Gasteiger charge is -2.30. The van der Waals surface area contributed by atoms with Crippen molar-refractivity contribution in [1.82, 2.24) is 4.31 Å². The minimum absolute atomic E-state index is 0.441. The summed E-state index contributed by atoms with van der Waals surface area (Å²) in [6, 6.07) is -0.441. The Hall–Kier alpha value is -0.620. The van der Waals surface area contributed by atoms with E-state index in [1.54, 1.807) is 34.6 Å². The van der Waals surface area contributed by atoms with Gasteiger partial charge in [-0.05, 0) is 34.6 Å². The molecule has 0 radical (unpaired) electrons. The van der Waals surface area contributed by atoms with Crippen LogP contribution in [0.25, 0.3) is 0 Å². The summed E-state index contributed by atoms with van der Waals surface area (Å²) in [6.45, 7) is 8.23. The van der Waals surface area contributed by atoms with E-state index in [0.717, 1.165) is 0 Å². The lowest BCUT2D eigenvalue weighted by atomic mass is 10.2. The number of amides is 1. The Labute approximate surface area is 86.8 Å². The Kier molecular flexibility index (Phi) is 4.54. The predicted molar refractivity (Wildman–Crippen MR) is 52.1 cm³/mol. The SMILES string of the molecule is CC(C)N(C(=O)OC(C)(C)C)S(=O)[O-]. The first-order valence-corrected chi connectivity index (χ1v) is 5.30. The van der Waals surface area contributed by atoms with Crippen LogP contribution in [0.3, 0.4) is 0 Å². The maximum Gasteiger partial charge on any atom is 0.421 e. The molecule has 0 fully saturated rings. The molecule has 0 aromatic heterocycles. The number of hydrogen-bond acceptors (Lipinski definition) is 4. The molecule has 0 aliphatic heterocycles. The lowest BCUT2D eigenvalue weighted by molar-refractivity contribution is 0.0353. The van der Waals surface area contributed by atoms with E-state index in [2.05, 4.69) is 0 Å². The monoisotopic (exact) mass is 222 g/mol. The first-order valence-electron chi connectivity index (χ1n) is 4.26. The molecule has 0 aromatic rings. The molecule has 5 nitrogen and oxygen atoms in total. The molecule has 6 heteroatoms. The Morgan fingerprint density at radius 1 is 1.43 bits per heavy atom. The standard InChI is InChI=1S/C8H17NO4S/c1-6(2)9(14(11)12)7(10)13-8(3,4)5/h6H,1-5H3,(H,11,12)/p-1. The minimum Gasteiger partial charge on any atom is -0.755 e. The number of nitrogens with zero attached hydrogens (tertiary/aromatic N) is 1. The van der Waals surface area contributed by atoms with Crippen LogP contribution in [-0.4, -0.2) is 30.8 Å². The van der Waals surface area contributed by atoms with Crippen LogP contribution in [0, 0.1) is 0 Å². The number of carbonyl (C=O) groups excluding carboxylic acids is 1. The number of rotatable bonds is 2. The second-order valence-electron chi connectivity index (χ2n) is 4.12. The maximum atomic E-state index is 11.4. The molecule has 84 valence electrons. The van der Waals surface area contributed by atoms with Crippen LogP contribution in [0.2, 0.25) is 0 Å². The van der Waals surface area contributed by atoms with Gasteiger partial charge in [-0.1, -0.05) is 0 Å². The molecule has 0 heterocycles. The van der Waals surface area contributed by atoms with Gasteiger partial charge in [-0.3, -0.25) is 4.21 Å². The predicted octanol–water partition coefficient (Wildman–Crippen LogP) is 1.43. The van der Waals surface area contributed by atoms with Crippen molar-refractivity contribution in [2.45, 2.75) is 46.3 Å². The third kappa shape index (κ3) is 4.57. The topological polar surface area (TPSA) is 69.7 Å². The van der Waals surface area contributed by atoms with Crippen LogP contribution in [0.1, 0.15) is 34.6 Å². The average Bonchev–Trinajstić information content (AvgIpc) is 1.78. The molecule has 0 aliphatic carbocycles. The molecule has 1 unspecified atom stereocenters. The molecule has 0 rings (SSSR count). The first-order chi connectivity index (χ1) is 6.15. The van der Waals surface area contributed by atoms with E-state index < -0.39 is 29.0 Å². The van der Waals surface area contributed by atoms with E-state index in [9.17, 15) is 13.6 Å². The maximum absolute atomic E-state index is 11.4. The second-order valence-corrected chi connectivity index (χ2v) is 4.94. The number of carbonyl (C=O) groups is 1. The molecule has 0 aliphatic rings. The zero-order valence-electron chi connectivity index (χ0n) is 9.07. The fourth-order valence-electron chi connectivity index (χ4n) is 0.751. The molecule has 0 bridgehead atoms. The zero-order chi connectivity index (χ0) is 11.5. The summed E-state index contributed by atoms with van der Waals surface area (Å²) in [6.07, 6.45) is -0.846. The van der Waals surface area contributed by atoms with Crippen LogP contribution < -0.4 is 0 Å². The van der Waals surface area contributed by atoms with Crippen molar-refractivity contribution >= 4 is 17.4 Å². The number of ether oxygens (including phenoxy) is 1. The molecular formula is C8H16NO4S-. The molecule has 0 N–H and O–H groups in total. The van der Waals surface area contributed by atoms with Gasteiger partial charge in [0.1, 0.15) is 5.60 Å². The molecular weight excluding hydrogens is 206 g/mol. The highest BCUT2D eigenvalue weighted by Crippen LogP contribution is 2.12. The Balaban J connectivity index is 4.55. The van der Waals surface area contributed by atoms with Crippen LogP contribution in [0.15, 0.2) is 0 Å². The fourth-order valence-corrected chi connectivity index (χ4v) is 1.25. The summed E-state index contributed by atoms with van der Waals surface area (Å²) in [4.78, 5) is 11.4. The van der Waals surface area contributed by atoms with Crippen molar-refractivity contribution in [3.63, 3.8) is 0 Å². The molecule has 0 aromatic carbocycles. The van der Waals surface area contributed by atoms with Gasteiger partial charge in [0.05, 0.1) is 11.3 Å². The smallest absolute Gasteiger partial charge is 0.421 e. The van der Waals surface area contributed by atoms with E-state index in [1.807, 2.05) is 0 Å². The summed E-state index contributed by atoms with van der Waals surface area (Å²) in [5.41, 5.74) is -0.691. The van der Waals surface area contributed by atoms with Crippen molar-refractivity contribution in [3.8, 4) is 0 Å². The van der Waals surface area contributed by atoms with Crippen molar-refractivity contribution in [1.29, 1.82) is 0 Å². The molecule has 0 saturated carbocycles. The Bertz CT molecular complexity index is 234. The van der Waals surface area contributed by atoms with Gasteiger partial charge in [0.25, 0.3) is 0 Å². The molecule has 0 spiro atoms. The molecule has 1 amide bonds. The Morgan fingerprint density at radius 2 is 1.86 bits per heavy atom. The highest BCUT2D eigenvalue weighted by molar-refractivity contribution is 7.77. The zero-order valence-corrected chi connectivity index (χ0v) is 9.88. The summed E-state index contributed by atoms with van der Waals surface area (Å²) in [5.74, 6) is 0. The number of hydrogen-bond donors (Lipinski definition) is 0. The van der Waals surface area contributed by atoms with Crippen molar-refractivity contribution in [2.75, 3.05) is 0 Å². The summed E-state index contributed by atoms with van der Waals surface area (Å²) in [5, 5.41) is 0. The van der Waals surface area contributed by atoms with Gasteiger partial charge in [-0.15, -0.1) is 0 Å². The van der Waals surface area contributed by atoms with Gasteiger partial charge >= 0.3 is 6.09 Å². The first kappa shape index (κ1) is 13.4. The van der Waals surface area contributed by atoms with Gasteiger partial charge in [0.2, 0.25) is 0 Å². The normalized spacial score (nSPS) is 13.9. The third-order valence-electron chi connectivity index (χ3n) is 1.20. The van der Waals surface area contributed by atoms with Gasteiger partial charge in [-0.2, -0.15) is 0 Å². The highest BCUT2D eigenvalue weighted by Gasteiger charge is 2.24. The Morgan fingerprint density at radius 3 is 2.07 bits per heavy atom. The van der Waals surface area contributed by atoms with Crippen molar-refractivity contribution in [3.05, 3.63) is 0 Å². The van der Waals surface area contributed by atoms with E-state index in [0.29, 0.717) is 4.31 Å². The average molecular weight is 222 g/mol. The van der Waals surface area contributed by atoms with Crippen LogP contribution in [0.4, 0.5) is 4.79 Å². The third-order valence-corrected chi connectivity index (χ3v) is 2.09. The lowest BCUT2D eigenvalue weighted by Crippen LogP contribution is -2.41.